The molecule has 3 rings (SSSR count). The van der Waals surface area contributed by atoms with Crippen LogP contribution in [0, 0.1) is 12.8 Å². The molecule has 5 nitrogen and oxygen atoms in total. The molecule has 0 spiro atoms. The van der Waals surface area contributed by atoms with Gasteiger partial charge in [-0.2, -0.15) is 0 Å². The molecule has 0 fully saturated rings. The summed E-state index contributed by atoms with van der Waals surface area (Å²) in [5, 5.41) is 3.55. The molecule has 174 valence electrons. The van der Waals surface area contributed by atoms with E-state index in [1.54, 1.807) is 72.8 Å². The third-order valence-corrected chi connectivity index (χ3v) is 7.65. The quantitative estimate of drug-likeness (QED) is 0.438. The van der Waals surface area contributed by atoms with E-state index in [1.165, 1.54) is 4.31 Å². The van der Waals surface area contributed by atoms with E-state index in [1.807, 2.05) is 27.7 Å². The zero-order valence-electron chi connectivity index (χ0n) is 19.2. The normalized spacial score (nSPS) is 12.4. The second-order valence-corrected chi connectivity index (χ2v) is 10.8. The fraction of sp³-hybridized carbons (Fsp3) is 0.269. The van der Waals surface area contributed by atoms with Crippen molar-refractivity contribution in [2.45, 2.75) is 45.2 Å². The van der Waals surface area contributed by atoms with Crippen molar-refractivity contribution in [2.24, 2.45) is 5.92 Å². The first-order valence-electron chi connectivity index (χ1n) is 10.8. The molecule has 1 atom stereocenters. The van der Waals surface area contributed by atoms with Gasteiger partial charge in [-0.1, -0.05) is 67.4 Å². The van der Waals surface area contributed by atoms with Gasteiger partial charge >= 0.3 is 0 Å². The first kappa shape index (κ1) is 24.8. The van der Waals surface area contributed by atoms with Crippen molar-refractivity contribution in [3.05, 3.63) is 94.5 Å². The number of nitrogens with one attached hydrogen (secondary N) is 1. The molecule has 0 bridgehead atoms. The van der Waals surface area contributed by atoms with E-state index in [0.717, 1.165) is 11.1 Å². The van der Waals surface area contributed by atoms with Gasteiger partial charge in [0.2, 0.25) is 0 Å². The highest BCUT2D eigenvalue weighted by atomic mass is 35.5. The highest BCUT2D eigenvalue weighted by molar-refractivity contribution is 7.92. The third kappa shape index (κ3) is 5.95. The van der Waals surface area contributed by atoms with Crippen LogP contribution in [0.1, 0.15) is 42.3 Å². The minimum Gasteiger partial charge on any atom is -0.349 e. The number of hydrogen-bond donors (Lipinski definition) is 1. The fourth-order valence-electron chi connectivity index (χ4n) is 3.23. The lowest BCUT2D eigenvalue weighted by atomic mass is 10.1. The molecule has 1 unspecified atom stereocenters. The topological polar surface area (TPSA) is 66.5 Å². The molecular formula is C26H29ClN2O3S. The molecular weight excluding hydrogens is 456 g/mol. The molecule has 0 radical (unpaired) electrons. The molecule has 1 amide bonds. The average molecular weight is 485 g/mol. The summed E-state index contributed by atoms with van der Waals surface area (Å²) in [5.74, 6) is -0.0745. The SMILES string of the molecule is Cc1ccc(S(=O)(=O)N(Cc2ccc(Cl)cc2)c2ccccc2C(=O)NC(C)C(C)C)cc1. The molecule has 0 aliphatic rings. The number of hydrogen-bond acceptors (Lipinski definition) is 3. The fourth-order valence-corrected chi connectivity index (χ4v) is 4.82. The van der Waals surface area contributed by atoms with E-state index < -0.39 is 10.0 Å². The smallest absolute Gasteiger partial charge is 0.264 e. The minimum absolute atomic E-state index is 0.0530. The van der Waals surface area contributed by atoms with Crippen molar-refractivity contribution >= 4 is 33.2 Å². The standard InChI is InChI=1S/C26H29ClN2O3S/c1-18(2)20(4)28-26(30)24-7-5-6-8-25(24)29(17-21-11-13-22(27)14-12-21)33(31,32)23-15-9-19(3)10-16-23/h5-16,18,20H,17H2,1-4H3,(H,28,30). The molecule has 33 heavy (non-hydrogen) atoms. The zero-order chi connectivity index (χ0) is 24.2. The highest BCUT2D eigenvalue weighted by Gasteiger charge is 2.29. The molecule has 1 N–H and O–H groups in total. The van der Waals surface area contributed by atoms with E-state index in [-0.39, 0.29) is 29.3 Å². The lowest BCUT2D eigenvalue weighted by Gasteiger charge is -2.27. The van der Waals surface area contributed by atoms with Gasteiger partial charge in [0, 0.05) is 11.1 Å². The number of amides is 1. The lowest BCUT2D eigenvalue weighted by molar-refractivity contribution is 0.0931. The summed E-state index contributed by atoms with van der Waals surface area (Å²) in [7, 11) is -3.96. The molecule has 0 aliphatic carbocycles. The van der Waals surface area contributed by atoms with Crippen LogP contribution in [-0.2, 0) is 16.6 Å². The van der Waals surface area contributed by atoms with Crippen molar-refractivity contribution in [2.75, 3.05) is 4.31 Å². The van der Waals surface area contributed by atoms with Crippen molar-refractivity contribution in [1.82, 2.24) is 5.32 Å². The third-order valence-electron chi connectivity index (χ3n) is 5.62. The van der Waals surface area contributed by atoms with Crippen LogP contribution in [0.15, 0.2) is 77.7 Å². The van der Waals surface area contributed by atoms with Gasteiger partial charge in [-0.25, -0.2) is 8.42 Å². The Kier molecular flexibility index (Phi) is 7.82. The van der Waals surface area contributed by atoms with Gasteiger partial charge in [-0.3, -0.25) is 9.10 Å². The molecule has 0 saturated heterocycles. The summed E-state index contributed by atoms with van der Waals surface area (Å²) >= 11 is 6.02. The van der Waals surface area contributed by atoms with Crippen LogP contribution in [0.5, 0.6) is 0 Å². The first-order valence-corrected chi connectivity index (χ1v) is 12.6. The van der Waals surface area contributed by atoms with Crippen LogP contribution in [0.25, 0.3) is 0 Å². The summed E-state index contributed by atoms with van der Waals surface area (Å²) in [6.45, 7) is 7.92. The Balaban J connectivity index is 2.11. The monoisotopic (exact) mass is 484 g/mol. The van der Waals surface area contributed by atoms with Crippen molar-refractivity contribution in [3.63, 3.8) is 0 Å². The van der Waals surface area contributed by atoms with Crippen LogP contribution < -0.4 is 9.62 Å². The summed E-state index contributed by atoms with van der Waals surface area (Å²) in [5.41, 5.74) is 2.33. The number of carbonyl (C=O) groups excluding carboxylic acids is 1. The van der Waals surface area contributed by atoms with E-state index in [0.29, 0.717) is 16.3 Å². The maximum Gasteiger partial charge on any atom is 0.264 e. The number of rotatable bonds is 8. The first-order chi connectivity index (χ1) is 15.6. The number of sulfonamides is 1. The average Bonchev–Trinajstić information content (AvgIpc) is 2.78. The number of aryl methyl sites for hydroxylation is 1. The molecule has 3 aromatic rings. The van der Waals surface area contributed by atoms with Gasteiger partial charge in [0.1, 0.15) is 0 Å². The summed E-state index contributed by atoms with van der Waals surface area (Å²) in [6.07, 6.45) is 0. The number of anilines is 1. The second kappa shape index (κ2) is 10.4. The molecule has 0 saturated carbocycles. The predicted molar refractivity (Wildman–Crippen MR) is 134 cm³/mol. The number of benzene rings is 3. The molecule has 0 aliphatic heterocycles. The molecule has 7 heteroatoms. The van der Waals surface area contributed by atoms with E-state index >= 15 is 0 Å². The van der Waals surface area contributed by atoms with Gasteiger partial charge < -0.3 is 5.32 Å². The second-order valence-electron chi connectivity index (χ2n) is 8.47. The van der Waals surface area contributed by atoms with Gasteiger partial charge in [0.15, 0.2) is 0 Å². The Morgan fingerprint density at radius 3 is 2.15 bits per heavy atom. The summed E-state index contributed by atoms with van der Waals surface area (Å²) in [6, 6.07) is 20.4. The van der Waals surface area contributed by atoms with Crippen LogP contribution in [0.2, 0.25) is 5.02 Å². The Morgan fingerprint density at radius 1 is 0.939 bits per heavy atom. The van der Waals surface area contributed by atoms with Crippen molar-refractivity contribution in [1.29, 1.82) is 0 Å². The van der Waals surface area contributed by atoms with Crippen molar-refractivity contribution in [3.8, 4) is 0 Å². The predicted octanol–water partition coefficient (Wildman–Crippen LogP) is 5.82. The highest BCUT2D eigenvalue weighted by Crippen LogP contribution is 2.30. The Bertz CT molecular complexity index is 1210. The molecule has 3 aromatic carbocycles. The Morgan fingerprint density at radius 2 is 1.55 bits per heavy atom. The maximum absolute atomic E-state index is 13.8. The van der Waals surface area contributed by atoms with E-state index in [4.69, 9.17) is 11.6 Å². The lowest BCUT2D eigenvalue weighted by Crippen LogP contribution is -2.38. The van der Waals surface area contributed by atoms with Crippen molar-refractivity contribution < 1.29 is 13.2 Å². The van der Waals surface area contributed by atoms with E-state index in [2.05, 4.69) is 5.32 Å². The van der Waals surface area contributed by atoms with Crippen LogP contribution in [0.3, 0.4) is 0 Å². The van der Waals surface area contributed by atoms with Crippen LogP contribution >= 0.6 is 11.6 Å². The number of nitrogens with zero attached hydrogens (tertiary/aromatic N) is 1. The van der Waals surface area contributed by atoms with Gasteiger partial charge in [-0.05, 0) is 61.7 Å². The Labute approximate surface area is 201 Å². The molecule has 0 aromatic heterocycles. The largest absolute Gasteiger partial charge is 0.349 e. The van der Waals surface area contributed by atoms with Gasteiger partial charge in [0.05, 0.1) is 22.7 Å². The molecule has 0 heterocycles. The van der Waals surface area contributed by atoms with E-state index in [9.17, 15) is 13.2 Å². The van der Waals surface area contributed by atoms with Gasteiger partial charge in [-0.15, -0.1) is 0 Å². The summed E-state index contributed by atoms with van der Waals surface area (Å²) < 4.78 is 28.9. The number of carbonyl (C=O) groups is 1. The van der Waals surface area contributed by atoms with Crippen LogP contribution in [-0.4, -0.2) is 20.4 Å². The summed E-state index contributed by atoms with van der Waals surface area (Å²) in [4.78, 5) is 13.3. The van der Waals surface area contributed by atoms with Crippen LogP contribution in [0.4, 0.5) is 5.69 Å². The maximum atomic E-state index is 13.8. The van der Waals surface area contributed by atoms with Gasteiger partial charge in [0.25, 0.3) is 15.9 Å². The Hall–Kier alpha value is -2.83. The number of halogens is 1. The minimum atomic E-state index is -3.96. The number of para-hydroxylation sites is 1. The zero-order valence-corrected chi connectivity index (χ0v) is 20.8.